The predicted molar refractivity (Wildman–Crippen MR) is 42.4 cm³/mol. The molecule has 56 valence electrons. The van der Waals surface area contributed by atoms with E-state index in [0.717, 1.165) is 0 Å². The molecule has 0 bridgehead atoms. The minimum Gasteiger partial charge on any atom is -0.472 e. The lowest BCUT2D eigenvalue weighted by Gasteiger charge is -2.11. The topological polar surface area (TPSA) is 39.4 Å². The third-order valence-electron chi connectivity index (χ3n) is 1.29. The second-order valence-corrected chi connectivity index (χ2v) is 2.35. The summed E-state index contributed by atoms with van der Waals surface area (Å²) < 4.78 is 7.11. The van der Waals surface area contributed by atoms with E-state index in [1.54, 1.807) is 18.5 Å². The number of hydrogen-bond acceptors (Lipinski definition) is 4. The summed E-state index contributed by atoms with van der Waals surface area (Å²) in [5.74, 6) is 0.646. The molecule has 11 heavy (non-hydrogen) atoms. The lowest BCUT2D eigenvalue weighted by atomic mass is 10.6. The maximum Gasteiger partial charge on any atom is 0.223 e. The molecule has 1 aliphatic rings. The molecule has 0 atom stereocenters. The quantitative estimate of drug-likeness (QED) is 0.537. The Bertz CT molecular complexity index is 357. The van der Waals surface area contributed by atoms with Crippen molar-refractivity contribution in [2.75, 3.05) is 6.61 Å². The van der Waals surface area contributed by atoms with Crippen molar-refractivity contribution >= 4 is 18.4 Å². The largest absolute Gasteiger partial charge is 0.472 e. The highest BCUT2D eigenvalue weighted by Crippen LogP contribution is 2.11. The molecule has 0 aliphatic carbocycles. The van der Waals surface area contributed by atoms with Crippen LogP contribution in [-0.4, -0.2) is 22.5 Å². The highest BCUT2D eigenvalue weighted by Gasteiger charge is 2.03. The highest BCUT2D eigenvalue weighted by atomic mass is 32.1. The van der Waals surface area contributed by atoms with Crippen molar-refractivity contribution in [3.8, 4) is 5.88 Å². The molecule has 0 N–H and O–H groups in total. The van der Waals surface area contributed by atoms with Gasteiger partial charge in [-0.05, 0) is 12.2 Å². The summed E-state index contributed by atoms with van der Waals surface area (Å²) in [7, 11) is 0. The highest BCUT2D eigenvalue weighted by molar-refractivity contribution is 7.71. The molecular formula is C6H5N3OS. The first-order valence-corrected chi connectivity index (χ1v) is 3.52. The van der Waals surface area contributed by atoms with Gasteiger partial charge in [0, 0.05) is 12.3 Å². The Labute approximate surface area is 68.1 Å². The van der Waals surface area contributed by atoms with Crippen molar-refractivity contribution in [1.82, 2.24) is 9.66 Å². The number of hydrogen-bond donors (Lipinski definition) is 0. The van der Waals surface area contributed by atoms with E-state index >= 15 is 0 Å². The second-order valence-electron chi connectivity index (χ2n) is 1.99. The molecular weight excluding hydrogens is 162 g/mol. The van der Waals surface area contributed by atoms with E-state index in [9.17, 15) is 0 Å². The molecule has 5 heteroatoms. The number of rotatable bonds is 0. The fraction of sp³-hybridized carbons (Fsp3) is 0.167. The Kier molecular flexibility index (Phi) is 1.43. The van der Waals surface area contributed by atoms with Gasteiger partial charge in [-0.15, -0.1) is 0 Å². The fourth-order valence-corrected chi connectivity index (χ4v) is 1.04. The van der Waals surface area contributed by atoms with Crippen LogP contribution in [-0.2, 0) is 0 Å². The van der Waals surface area contributed by atoms with E-state index in [1.165, 1.54) is 4.68 Å². The van der Waals surface area contributed by atoms with Gasteiger partial charge in [-0.3, -0.25) is 0 Å². The molecule has 0 spiro atoms. The van der Waals surface area contributed by atoms with Crippen molar-refractivity contribution < 1.29 is 4.74 Å². The van der Waals surface area contributed by atoms with Crippen LogP contribution in [0.1, 0.15) is 0 Å². The summed E-state index contributed by atoms with van der Waals surface area (Å²) in [4.78, 5) is 3.88. The molecule has 0 saturated heterocycles. The summed E-state index contributed by atoms with van der Waals surface area (Å²) in [6, 6.07) is 1.73. The monoisotopic (exact) mass is 167 g/mol. The van der Waals surface area contributed by atoms with E-state index in [2.05, 4.69) is 10.1 Å². The Hall–Kier alpha value is -1.23. The Morgan fingerprint density at radius 3 is 3.36 bits per heavy atom. The van der Waals surface area contributed by atoms with E-state index in [0.29, 0.717) is 17.3 Å². The van der Waals surface area contributed by atoms with E-state index in [1.807, 2.05) is 0 Å². The molecule has 0 amide bonds. The number of ether oxygens (including phenoxy) is 1. The van der Waals surface area contributed by atoms with Crippen LogP contribution in [0.4, 0.5) is 0 Å². The van der Waals surface area contributed by atoms with Crippen LogP contribution in [0.25, 0.3) is 0 Å². The Morgan fingerprint density at radius 2 is 2.55 bits per heavy atom. The number of aromatic nitrogens is 2. The Balaban J connectivity index is 2.70. The standard InChI is InChI=1S/C6H5N3OS/c11-6-7-2-1-5-9(6)8-3-4-10-5/h1-3H,4H2. The maximum absolute atomic E-state index is 5.21. The minimum absolute atomic E-state index is 0.415. The molecule has 2 heterocycles. The van der Waals surface area contributed by atoms with Crippen molar-refractivity contribution in [3.63, 3.8) is 0 Å². The van der Waals surface area contributed by atoms with Gasteiger partial charge in [-0.2, -0.15) is 9.78 Å². The third kappa shape index (κ3) is 1.03. The molecule has 0 radical (unpaired) electrons. The summed E-state index contributed by atoms with van der Waals surface area (Å²) in [5, 5.41) is 3.99. The first-order valence-electron chi connectivity index (χ1n) is 3.11. The summed E-state index contributed by atoms with van der Waals surface area (Å²) >= 11 is 4.90. The molecule has 0 fully saturated rings. The first kappa shape index (κ1) is 6.48. The average Bonchev–Trinajstić information content (AvgIpc) is 2.06. The normalized spacial score (nSPS) is 13.8. The van der Waals surface area contributed by atoms with Gasteiger partial charge in [0.25, 0.3) is 0 Å². The second kappa shape index (κ2) is 2.43. The van der Waals surface area contributed by atoms with Gasteiger partial charge in [-0.1, -0.05) is 0 Å². The van der Waals surface area contributed by atoms with Crippen molar-refractivity contribution in [2.45, 2.75) is 0 Å². The molecule has 2 rings (SSSR count). The van der Waals surface area contributed by atoms with Crippen molar-refractivity contribution in [2.24, 2.45) is 5.10 Å². The van der Waals surface area contributed by atoms with Crippen LogP contribution in [0.3, 0.4) is 0 Å². The smallest absolute Gasteiger partial charge is 0.223 e. The molecule has 0 unspecified atom stereocenters. The zero-order chi connectivity index (χ0) is 7.68. The van der Waals surface area contributed by atoms with Gasteiger partial charge in [0.15, 0.2) is 0 Å². The SMILES string of the molecule is S=c1nccc2n1N=CCO2. The summed E-state index contributed by atoms with van der Waals surface area (Å²) in [6.45, 7) is 0.499. The molecule has 4 nitrogen and oxygen atoms in total. The summed E-state index contributed by atoms with van der Waals surface area (Å²) in [6.07, 6.45) is 3.25. The van der Waals surface area contributed by atoms with E-state index in [4.69, 9.17) is 17.0 Å². The third-order valence-corrected chi connectivity index (χ3v) is 1.57. The molecule has 0 aromatic carbocycles. The van der Waals surface area contributed by atoms with Crippen molar-refractivity contribution in [1.29, 1.82) is 0 Å². The van der Waals surface area contributed by atoms with Crippen LogP contribution in [0.5, 0.6) is 5.88 Å². The minimum atomic E-state index is 0.415. The molecule has 0 saturated carbocycles. The number of nitrogens with zero attached hydrogens (tertiary/aromatic N) is 3. The lowest BCUT2D eigenvalue weighted by Crippen LogP contribution is -2.12. The van der Waals surface area contributed by atoms with Crippen LogP contribution >= 0.6 is 12.2 Å². The molecule has 1 aromatic rings. The average molecular weight is 167 g/mol. The predicted octanol–water partition coefficient (Wildman–Crippen LogP) is 0.839. The lowest BCUT2D eigenvalue weighted by molar-refractivity contribution is 0.330. The van der Waals surface area contributed by atoms with Gasteiger partial charge in [0.2, 0.25) is 10.7 Å². The zero-order valence-electron chi connectivity index (χ0n) is 5.60. The van der Waals surface area contributed by atoms with Crippen LogP contribution in [0.15, 0.2) is 17.4 Å². The van der Waals surface area contributed by atoms with Gasteiger partial charge >= 0.3 is 0 Å². The van der Waals surface area contributed by atoms with Gasteiger partial charge in [-0.25, -0.2) is 4.98 Å². The van der Waals surface area contributed by atoms with Crippen molar-refractivity contribution in [3.05, 3.63) is 17.0 Å². The number of fused-ring (bicyclic) bond motifs is 1. The first-order chi connectivity index (χ1) is 5.38. The molecule has 1 aromatic heterocycles. The van der Waals surface area contributed by atoms with E-state index in [-0.39, 0.29) is 0 Å². The maximum atomic E-state index is 5.21. The fourth-order valence-electron chi connectivity index (χ4n) is 0.838. The van der Waals surface area contributed by atoms with Gasteiger partial charge in [0.05, 0.1) is 6.21 Å². The van der Waals surface area contributed by atoms with Gasteiger partial charge < -0.3 is 4.74 Å². The molecule has 1 aliphatic heterocycles. The van der Waals surface area contributed by atoms with Crippen LogP contribution < -0.4 is 4.74 Å². The zero-order valence-corrected chi connectivity index (χ0v) is 6.41. The Morgan fingerprint density at radius 1 is 1.64 bits per heavy atom. The van der Waals surface area contributed by atoms with Crippen LogP contribution in [0, 0.1) is 4.77 Å². The van der Waals surface area contributed by atoms with Crippen LogP contribution in [0.2, 0.25) is 0 Å². The van der Waals surface area contributed by atoms with E-state index < -0.39 is 0 Å². The van der Waals surface area contributed by atoms with Gasteiger partial charge in [0.1, 0.15) is 6.61 Å². The summed E-state index contributed by atoms with van der Waals surface area (Å²) in [5.41, 5.74) is 0.